The Bertz CT molecular complexity index is 1300. The molecule has 1 saturated heterocycles. The van der Waals surface area contributed by atoms with Gasteiger partial charge >= 0.3 is 12.5 Å². The van der Waals surface area contributed by atoms with Gasteiger partial charge in [-0.15, -0.1) is 0 Å². The first-order valence-electron chi connectivity index (χ1n) is 10.9. The zero-order chi connectivity index (χ0) is 23.4. The van der Waals surface area contributed by atoms with Gasteiger partial charge in [0.1, 0.15) is 0 Å². The van der Waals surface area contributed by atoms with Crippen molar-refractivity contribution in [2.45, 2.75) is 32.9 Å². The number of piperidine rings is 1. The van der Waals surface area contributed by atoms with Crippen LogP contribution in [0.5, 0.6) is 0 Å². The fourth-order valence-electron chi connectivity index (χ4n) is 4.80. The van der Waals surface area contributed by atoms with Crippen molar-refractivity contribution >= 4 is 28.5 Å². The van der Waals surface area contributed by atoms with E-state index in [0.29, 0.717) is 40.7 Å². The number of hydrogen-bond acceptors (Lipinski definition) is 5. The number of carboxylic acids is 1. The summed E-state index contributed by atoms with van der Waals surface area (Å²) in [5.41, 5.74) is 2.02. The molecular weight excluding hydrogens is 430 g/mol. The predicted molar refractivity (Wildman–Crippen MR) is 121 cm³/mol. The Labute approximate surface area is 188 Å². The monoisotopic (exact) mass is 454 g/mol. The summed E-state index contributed by atoms with van der Waals surface area (Å²) in [4.78, 5) is 30.7. The maximum atomic E-state index is 14.0. The number of rotatable bonds is 6. The van der Waals surface area contributed by atoms with Crippen LogP contribution in [0.25, 0.3) is 10.9 Å². The molecular formula is C24H24F2N4O3. The fraction of sp³-hybridized carbons (Fsp3) is 0.375. The van der Waals surface area contributed by atoms with E-state index >= 15 is 0 Å². The first kappa shape index (κ1) is 21.4. The van der Waals surface area contributed by atoms with Crippen LogP contribution >= 0.6 is 0 Å². The molecule has 2 aromatic carbocycles. The lowest BCUT2D eigenvalue weighted by molar-refractivity contribution is 0.0671. The van der Waals surface area contributed by atoms with Gasteiger partial charge in [-0.2, -0.15) is 8.78 Å². The van der Waals surface area contributed by atoms with Gasteiger partial charge in [0.2, 0.25) is 5.95 Å². The molecule has 5 rings (SSSR count). The summed E-state index contributed by atoms with van der Waals surface area (Å²) in [6.07, 6.45) is 1.11. The van der Waals surface area contributed by atoms with Crippen molar-refractivity contribution in [3.05, 3.63) is 63.4 Å². The third-order valence-corrected chi connectivity index (χ3v) is 6.60. The molecule has 3 unspecified atom stereocenters. The van der Waals surface area contributed by atoms with Crippen LogP contribution in [0.2, 0.25) is 0 Å². The summed E-state index contributed by atoms with van der Waals surface area (Å²) in [5.74, 6) is 0.00910. The highest BCUT2D eigenvalue weighted by Crippen LogP contribution is 2.46. The number of carboxylic acid groups (broad SMARTS) is 1. The lowest BCUT2D eigenvalue weighted by Crippen LogP contribution is -2.33. The molecule has 2 aliphatic rings. The molecule has 9 heteroatoms. The van der Waals surface area contributed by atoms with Crippen LogP contribution in [0.1, 0.15) is 47.4 Å². The van der Waals surface area contributed by atoms with E-state index in [9.17, 15) is 18.4 Å². The molecule has 2 fully saturated rings. The number of anilines is 2. The van der Waals surface area contributed by atoms with Gasteiger partial charge in [0.05, 0.1) is 22.5 Å². The molecule has 1 aromatic heterocycles. The predicted octanol–water partition coefficient (Wildman–Crippen LogP) is 4.43. The van der Waals surface area contributed by atoms with Crippen molar-refractivity contribution in [2.75, 3.05) is 23.3 Å². The van der Waals surface area contributed by atoms with Crippen molar-refractivity contribution in [3.8, 4) is 0 Å². The molecule has 172 valence electrons. The molecule has 33 heavy (non-hydrogen) atoms. The highest BCUT2D eigenvalue weighted by Gasteiger charge is 2.46. The maximum Gasteiger partial charge on any atom is 0.335 e. The van der Waals surface area contributed by atoms with Gasteiger partial charge in [-0.1, -0.05) is 6.07 Å². The minimum absolute atomic E-state index is 0.0258. The average Bonchev–Trinajstić information content (AvgIpc) is 3.38. The molecule has 0 radical (unpaired) electrons. The number of aromatic nitrogens is 2. The standard InChI is InChI=1S/C24H24F2N4O3/c1-12-7-18(13(2)27-17-5-3-14(4-6-17)22(32)33)20-19(8-12)21(31)30(23(25)26)24(28-20)29-10-15-9-16(15)11-29/h3-8,13,15-16,23,27H,9-11H2,1-2H3,(H,32,33). The smallest absolute Gasteiger partial charge is 0.335 e. The van der Waals surface area contributed by atoms with Gasteiger partial charge in [-0.25, -0.2) is 14.3 Å². The molecule has 0 spiro atoms. The summed E-state index contributed by atoms with van der Waals surface area (Å²) in [6, 6.07) is 9.53. The molecule has 3 atom stereocenters. The van der Waals surface area contributed by atoms with E-state index in [0.717, 1.165) is 17.5 Å². The first-order valence-corrected chi connectivity index (χ1v) is 10.9. The Morgan fingerprint density at radius 1 is 1.18 bits per heavy atom. The molecule has 1 aliphatic carbocycles. The quantitative estimate of drug-likeness (QED) is 0.573. The van der Waals surface area contributed by atoms with E-state index in [-0.39, 0.29) is 22.9 Å². The van der Waals surface area contributed by atoms with Crippen molar-refractivity contribution in [1.82, 2.24) is 9.55 Å². The second-order valence-corrected chi connectivity index (χ2v) is 9.02. The number of nitrogens with zero attached hydrogens (tertiary/aromatic N) is 3. The van der Waals surface area contributed by atoms with Crippen LogP contribution in [0.15, 0.2) is 41.2 Å². The van der Waals surface area contributed by atoms with Crippen LogP contribution in [0.4, 0.5) is 20.4 Å². The topological polar surface area (TPSA) is 87.5 Å². The normalized spacial score (nSPS) is 20.2. The number of halogens is 2. The Hall–Kier alpha value is -3.49. The number of alkyl halides is 2. The molecule has 0 bridgehead atoms. The number of aryl methyl sites for hydroxylation is 1. The highest BCUT2D eigenvalue weighted by atomic mass is 19.3. The Balaban J connectivity index is 1.58. The van der Waals surface area contributed by atoms with E-state index in [1.54, 1.807) is 23.1 Å². The molecule has 2 N–H and O–H groups in total. The Morgan fingerprint density at radius 3 is 2.45 bits per heavy atom. The van der Waals surface area contributed by atoms with Crippen LogP contribution < -0.4 is 15.8 Å². The third kappa shape index (κ3) is 3.81. The zero-order valence-electron chi connectivity index (χ0n) is 18.3. The van der Waals surface area contributed by atoms with Crippen LogP contribution in [0.3, 0.4) is 0 Å². The van der Waals surface area contributed by atoms with E-state index in [4.69, 9.17) is 5.11 Å². The van der Waals surface area contributed by atoms with Gasteiger partial charge < -0.3 is 15.3 Å². The summed E-state index contributed by atoms with van der Waals surface area (Å²) in [7, 11) is 0. The number of nitrogens with one attached hydrogen (secondary N) is 1. The van der Waals surface area contributed by atoms with Gasteiger partial charge in [-0.3, -0.25) is 4.79 Å². The second kappa shape index (κ2) is 7.83. The Kier molecular flexibility index (Phi) is 5.07. The van der Waals surface area contributed by atoms with Gasteiger partial charge in [-0.05, 0) is 68.0 Å². The third-order valence-electron chi connectivity index (χ3n) is 6.60. The van der Waals surface area contributed by atoms with Crippen molar-refractivity contribution in [2.24, 2.45) is 11.8 Å². The molecule has 7 nitrogen and oxygen atoms in total. The van der Waals surface area contributed by atoms with Crippen molar-refractivity contribution in [3.63, 3.8) is 0 Å². The minimum Gasteiger partial charge on any atom is -0.478 e. The first-order chi connectivity index (χ1) is 15.7. The summed E-state index contributed by atoms with van der Waals surface area (Å²) < 4.78 is 28.4. The van der Waals surface area contributed by atoms with E-state index in [1.807, 2.05) is 19.9 Å². The Morgan fingerprint density at radius 2 is 1.85 bits per heavy atom. The minimum atomic E-state index is -2.98. The second-order valence-electron chi connectivity index (χ2n) is 9.02. The van der Waals surface area contributed by atoms with E-state index < -0.39 is 18.1 Å². The highest BCUT2D eigenvalue weighted by molar-refractivity contribution is 5.88. The molecule has 3 aromatic rings. The molecule has 1 aliphatic heterocycles. The summed E-state index contributed by atoms with van der Waals surface area (Å²) in [6.45, 7) is 2.00. The number of benzene rings is 2. The SMILES string of the molecule is Cc1cc(C(C)Nc2ccc(C(=O)O)cc2)c2nc(N3CC4CC4C3)n(C(F)F)c(=O)c2c1. The van der Waals surface area contributed by atoms with Crippen LogP contribution in [0, 0.1) is 18.8 Å². The van der Waals surface area contributed by atoms with Crippen molar-refractivity contribution in [1.29, 1.82) is 0 Å². The van der Waals surface area contributed by atoms with Gasteiger partial charge in [0, 0.05) is 24.3 Å². The van der Waals surface area contributed by atoms with E-state index in [2.05, 4.69) is 10.3 Å². The number of carbonyl (C=O) groups is 1. The number of hydrogen-bond donors (Lipinski definition) is 2. The molecule has 0 amide bonds. The van der Waals surface area contributed by atoms with Crippen LogP contribution in [-0.2, 0) is 0 Å². The molecule has 1 saturated carbocycles. The largest absolute Gasteiger partial charge is 0.478 e. The van der Waals surface area contributed by atoms with Crippen molar-refractivity contribution < 1.29 is 18.7 Å². The average molecular weight is 454 g/mol. The lowest BCUT2D eigenvalue weighted by atomic mass is 10.0. The fourth-order valence-corrected chi connectivity index (χ4v) is 4.80. The van der Waals surface area contributed by atoms with Gasteiger partial charge in [0.15, 0.2) is 0 Å². The number of aromatic carboxylic acids is 1. The zero-order valence-corrected chi connectivity index (χ0v) is 18.3. The maximum absolute atomic E-state index is 14.0. The lowest BCUT2D eigenvalue weighted by Gasteiger charge is -2.25. The van der Waals surface area contributed by atoms with E-state index in [1.165, 1.54) is 12.1 Å². The number of fused-ring (bicyclic) bond motifs is 2. The van der Waals surface area contributed by atoms with Crippen LogP contribution in [-0.4, -0.2) is 33.7 Å². The summed E-state index contributed by atoms with van der Waals surface area (Å²) >= 11 is 0. The molecule has 2 heterocycles. The van der Waals surface area contributed by atoms with Gasteiger partial charge in [0.25, 0.3) is 5.56 Å². The summed E-state index contributed by atoms with van der Waals surface area (Å²) in [5, 5.41) is 12.5.